The lowest BCUT2D eigenvalue weighted by atomic mass is 10.1. The quantitative estimate of drug-likeness (QED) is 0.463. The summed E-state index contributed by atoms with van der Waals surface area (Å²) in [5, 5.41) is 10.4. The van der Waals surface area contributed by atoms with Crippen LogP contribution >= 0.6 is 0 Å². The smallest absolute Gasteiger partial charge is 0.329 e. The van der Waals surface area contributed by atoms with Crippen LogP contribution in [0.4, 0.5) is 0 Å². The number of ether oxygens (including phenoxy) is 1. The lowest BCUT2D eigenvalue weighted by molar-refractivity contribution is -0.137. The normalized spacial score (nSPS) is 12.5. The van der Waals surface area contributed by atoms with Gasteiger partial charge in [-0.25, -0.2) is 4.79 Å². The van der Waals surface area contributed by atoms with Crippen molar-refractivity contribution in [3.63, 3.8) is 0 Å². The molecule has 162 valence electrons. The number of aryl methyl sites for hydroxylation is 1. The molecule has 1 atom stereocenters. The first-order valence-electron chi connectivity index (χ1n) is 10.5. The lowest BCUT2D eigenvalue weighted by Crippen LogP contribution is -2.29. The molecule has 0 bridgehead atoms. The molecule has 0 fully saturated rings. The summed E-state index contributed by atoms with van der Waals surface area (Å²) in [4.78, 5) is 25.0. The molecule has 2 aromatic heterocycles. The molecule has 0 amide bonds. The minimum atomic E-state index is -0.900. The minimum absolute atomic E-state index is 0.0762. The van der Waals surface area contributed by atoms with Crippen molar-refractivity contribution in [2.45, 2.75) is 38.8 Å². The zero-order valence-corrected chi connectivity index (χ0v) is 18.0. The Morgan fingerprint density at radius 3 is 2.55 bits per heavy atom. The summed E-state index contributed by atoms with van der Waals surface area (Å²) in [6.07, 6.45) is 3.38. The van der Waals surface area contributed by atoms with Crippen LogP contribution in [-0.2, 0) is 18.4 Å². The number of para-hydroxylation sites is 2. The minimum Gasteiger partial charge on any atom is -0.497 e. The van der Waals surface area contributed by atoms with Crippen molar-refractivity contribution in [3.8, 4) is 5.75 Å². The van der Waals surface area contributed by atoms with E-state index in [2.05, 4.69) is 0 Å². The number of methoxy groups -OCH3 is 1. The van der Waals surface area contributed by atoms with Gasteiger partial charge in [0.15, 0.2) is 0 Å². The average Bonchev–Trinajstić information content (AvgIpc) is 3.21. The van der Waals surface area contributed by atoms with Gasteiger partial charge >= 0.3 is 11.7 Å². The molecule has 7 heteroatoms. The molecule has 1 N–H and O–H groups in total. The summed E-state index contributed by atoms with van der Waals surface area (Å²) in [6, 6.07) is 13.1. The Morgan fingerprint density at radius 1 is 1.13 bits per heavy atom. The van der Waals surface area contributed by atoms with Gasteiger partial charge in [0.2, 0.25) is 0 Å². The SMILES string of the molecule is CCCC(CC(=O)O)n1c(=O)n(Cc2cn(C)c3ccc(OC)cc23)c2ccccc21. The molecule has 0 saturated heterocycles. The first-order valence-corrected chi connectivity index (χ1v) is 10.5. The number of hydrogen-bond acceptors (Lipinski definition) is 3. The second-order valence-corrected chi connectivity index (χ2v) is 7.92. The van der Waals surface area contributed by atoms with E-state index in [0.29, 0.717) is 13.0 Å². The van der Waals surface area contributed by atoms with E-state index in [4.69, 9.17) is 4.74 Å². The van der Waals surface area contributed by atoms with Crippen LogP contribution < -0.4 is 10.4 Å². The van der Waals surface area contributed by atoms with Crippen molar-refractivity contribution < 1.29 is 14.6 Å². The van der Waals surface area contributed by atoms with E-state index in [0.717, 1.165) is 39.7 Å². The Balaban J connectivity index is 1.88. The number of aliphatic carboxylic acids is 1. The van der Waals surface area contributed by atoms with E-state index >= 15 is 0 Å². The molecular weight excluding hydrogens is 394 g/mol. The van der Waals surface area contributed by atoms with Crippen LogP contribution in [0.15, 0.2) is 53.5 Å². The maximum Gasteiger partial charge on any atom is 0.329 e. The van der Waals surface area contributed by atoms with Crippen LogP contribution in [0.3, 0.4) is 0 Å². The van der Waals surface area contributed by atoms with Crippen LogP contribution in [-0.4, -0.2) is 31.9 Å². The van der Waals surface area contributed by atoms with Crippen LogP contribution in [0.25, 0.3) is 21.9 Å². The summed E-state index contributed by atoms with van der Waals surface area (Å²) in [5.41, 5.74) is 3.46. The number of aromatic nitrogens is 3. The number of carboxylic acid groups (broad SMARTS) is 1. The fraction of sp³-hybridized carbons (Fsp3) is 0.333. The molecular formula is C24H27N3O4. The van der Waals surface area contributed by atoms with Crippen LogP contribution in [0.2, 0.25) is 0 Å². The molecule has 1 unspecified atom stereocenters. The standard InChI is InChI=1S/C24H27N3O4/c1-4-7-17(12-23(28)29)27-22-9-6-5-8-21(22)26(24(27)30)15-16-14-25(2)20-11-10-18(31-3)13-19(16)20/h5-6,8-11,13-14,17H,4,7,12,15H2,1-3H3,(H,28,29). The number of rotatable bonds is 8. The Bertz CT molecular complexity index is 1310. The Kier molecular flexibility index (Phi) is 5.59. The Labute approximate surface area is 180 Å². The van der Waals surface area contributed by atoms with Gasteiger partial charge in [0.25, 0.3) is 0 Å². The third kappa shape index (κ3) is 3.71. The molecule has 0 spiro atoms. The van der Waals surface area contributed by atoms with Gasteiger partial charge in [-0.3, -0.25) is 13.9 Å². The van der Waals surface area contributed by atoms with E-state index in [1.165, 1.54) is 0 Å². The van der Waals surface area contributed by atoms with Gasteiger partial charge in [-0.2, -0.15) is 0 Å². The third-order valence-corrected chi connectivity index (χ3v) is 5.87. The highest BCUT2D eigenvalue weighted by molar-refractivity contribution is 5.86. The van der Waals surface area contributed by atoms with Crippen molar-refractivity contribution >= 4 is 27.9 Å². The second-order valence-electron chi connectivity index (χ2n) is 7.92. The highest BCUT2D eigenvalue weighted by atomic mass is 16.5. The van der Waals surface area contributed by atoms with Crippen molar-refractivity contribution in [1.29, 1.82) is 0 Å². The number of carboxylic acids is 1. The zero-order chi connectivity index (χ0) is 22.1. The molecule has 7 nitrogen and oxygen atoms in total. The second kappa shape index (κ2) is 8.34. The summed E-state index contributed by atoms with van der Waals surface area (Å²) in [7, 11) is 3.62. The van der Waals surface area contributed by atoms with Crippen molar-refractivity contribution in [1.82, 2.24) is 13.7 Å². The molecule has 2 heterocycles. The van der Waals surface area contributed by atoms with E-state index in [1.54, 1.807) is 16.2 Å². The van der Waals surface area contributed by atoms with Crippen LogP contribution in [0, 0.1) is 0 Å². The van der Waals surface area contributed by atoms with Gasteiger partial charge in [0.1, 0.15) is 5.75 Å². The molecule has 4 rings (SSSR count). The molecule has 0 aliphatic carbocycles. The van der Waals surface area contributed by atoms with Gasteiger partial charge in [-0.15, -0.1) is 0 Å². The number of fused-ring (bicyclic) bond motifs is 2. The molecule has 0 saturated carbocycles. The molecule has 0 aliphatic heterocycles. The monoisotopic (exact) mass is 421 g/mol. The van der Waals surface area contributed by atoms with E-state index in [-0.39, 0.29) is 18.2 Å². The van der Waals surface area contributed by atoms with Crippen molar-refractivity contribution in [2.24, 2.45) is 7.05 Å². The molecule has 31 heavy (non-hydrogen) atoms. The maximum atomic E-state index is 13.6. The number of benzene rings is 2. The number of imidazole rings is 1. The van der Waals surface area contributed by atoms with Crippen LogP contribution in [0.5, 0.6) is 5.75 Å². The molecule has 0 radical (unpaired) electrons. The van der Waals surface area contributed by atoms with Crippen molar-refractivity contribution in [3.05, 3.63) is 64.7 Å². The molecule has 4 aromatic rings. The fourth-order valence-corrected chi connectivity index (χ4v) is 4.47. The topological polar surface area (TPSA) is 78.4 Å². The Morgan fingerprint density at radius 2 is 1.87 bits per heavy atom. The summed E-state index contributed by atoms with van der Waals surface area (Å²) >= 11 is 0. The van der Waals surface area contributed by atoms with Crippen LogP contribution in [0.1, 0.15) is 37.8 Å². The average molecular weight is 421 g/mol. The molecule has 2 aromatic carbocycles. The van der Waals surface area contributed by atoms with Gasteiger partial charge < -0.3 is 14.4 Å². The van der Waals surface area contributed by atoms with Gasteiger partial charge in [0, 0.05) is 30.2 Å². The number of nitrogens with zero attached hydrogens (tertiary/aromatic N) is 3. The highest BCUT2D eigenvalue weighted by Gasteiger charge is 2.23. The summed E-state index contributed by atoms with van der Waals surface area (Å²) < 4.78 is 10.8. The lowest BCUT2D eigenvalue weighted by Gasteiger charge is -2.16. The molecule has 0 aliphatic rings. The number of carbonyl (C=O) groups is 1. The predicted octanol–water partition coefficient (Wildman–Crippen LogP) is 4.17. The summed E-state index contributed by atoms with van der Waals surface area (Å²) in [6.45, 7) is 2.39. The van der Waals surface area contributed by atoms with Gasteiger partial charge in [-0.1, -0.05) is 25.5 Å². The van der Waals surface area contributed by atoms with Gasteiger partial charge in [0.05, 0.1) is 31.1 Å². The highest BCUT2D eigenvalue weighted by Crippen LogP contribution is 2.28. The Hall–Kier alpha value is -3.48. The third-order valence-electron chi connectivity index (χ3n) is 5.87. The zero-order valence-electron chi connectivity index (χ0n) is 18.0. The predicted molar refractivity (Wildman–Crippen MR) is 121 cm³/mol. The first kappa shape index (κ1) is 20.8. The van der Waals surface area contributed by atoms with E-state index < -0.39 is 5.97 Å². The summed E-state index contributed by atoms with van der Waals surface area (Å²) in [5.74, 6) is -0.137. The van der Waals surface area contributed by atoms with E-state index in [1.807, 2.05) is 67.2 Å². The largest absolute Gasteiger partial charge is 0.497 e. The van der Waals surface area contributed by atoms with Gasteiger partial charge in [-0.05, 0) is 42.3 Å². The first-order chi connectivity index (χ1) is 14.9. The fourth-order valence-electron chi connectivity index (χ4n) is 4.47. The van der Waals surface area contributed by atoms with E-state index in [9.17, 15) is 14.7 Å². The maximum absolute atomic E-state index is 13.6. The van der Waals surface area contributed by atoms with Crippen molar-refractivity contribution in [2.75, 3.05) is 7.11 Å². The number of hydrogen-bond donors (Lipinski definition) is 1.